The van der Waals surface area contributed by atoms with E-state index in [-0.39, 0.29) is 41.0 Å². The van der Waals surface area contributed by atoms with E-state index >= 15 is 0 Å². The third-order valence-corrected chi connectivity index (χ3v) is 11.6. The Balaban J connectivity index is 1.25. The Morgan fingerprint density at radius 2 is 0.753 bits per heavy atom. The van der Waals surface area contributed by atoms with Gasteiger partial charge in [-0.1, -0.05) is 121 Å². The third-order valence-electron chi connectivity index (χ3n) is 11.6. The molecule has 0 aromatic heterocycles. The van der Waals surface area contributed by atoms with Crippen molar-refractivity contribution in [2.45, 2.75) is 74.9 Å². The highest BCUT2D eigenvalue weighted by Gasteiger charge is 2.58. The van der Waals surface area contributed by atoms with Gasteiger partial charge in [0.15, 0.2) is 43.1 Å². The van der Waals surface area contributed by atoms with Crippen LogP contribution in [0.2, 0.25) is 0 Å². The maximum absolute atomic E-state index is 14.3. The second kappa shape index (κ2) is 24.9. The topological polar surface area (TPSA) is 215 Å². The maximum Gasteiger partial charge on any atom is 0.338 e. The molecule has 0 unspecified atom stereocenters. The summed E-state index contributed by atoms with van der Waals surface area (Å²) in [6.45, 7) is 0.134. The quantitative estimate of drug-likeness (QED) is 0.0698. The molecule has 2 aliphatic heterocycles. The van der Waals surface area contributed by atoms with Crippen LogP contribution in [0.4, 0.5) is 0 Å². The molecule has 0 radical (unpaired) electrons. The Labute approximate surface area is 419 Å². The van der Waals surface area contributed by atoms with Gasteiger partial charge in [-0.3, -0.25) is 4.79 Å². The molecular weight excluding hydrogens is 945 g/mol. The number of aliphatic hydroxyl groups excluding tert-OH is 1. The monoisotopic (exact) mass is 994 g/mol. The van der Waals surface area contributed by atoms with Crippen molar-refractivity contribution < 1.29 is 81.2 Å². The van der Waals surface area contributed by atoms with Gasteiger partial charge in [0.2, 0.25) is 0 Å². The normalized spacial score (nSPS) is 23.4. The van der Waals surface area contributed by atoms with E-state index in [0.29, 0.717) is 0 Å². The van der Waals surface area contributed by atoms with Crippen LogP contribution in [0.3, 0.4) is 0 Å². The van der Waals surface area contributed by atoms with Gasteiger partial charge in [-0.15, -0.1) is 0 Å². The van der Waals surface area contributed by atoms with Crippen molar-refractivity contribution in [2.75, 3.05) is 13.2 Å². The molecule has 17 nitrogen and oxygen atoms in total. The molecule has 0 saturated carbocycles. The smallest absolute Gasteiger partial charge is 0.338 e. The van der Waals surface area contributed by atoms with Crippen LogP contribution in [-0.4, -0.2) is 116 Å². The summed E-state index contributed by atoms with van der Waals surface area (Å²) in [5, 5.41) is 11.8. The average molecular weight is 995 g/mol. The lowest BCUT2D eigenvalue weighted by atomic mass is 9.95. The lowest BCUT2D eigenvalue weighted by Gasteiger charge is -2.48. The number of esters is 6. The van der Waals surface area contributed by atoms with Crippen LogP contribution in [0.5, 0.6) is 0 Å². The molecule has 2 heterocycles. The molecule has 0 bridgehead atoms. The van der Waals surface area contributed by atoms with Gasteiger partial charge in [-0.2, -0.15) is 0 Å². The number of carbonyl (C=O) groups is 6. The van der Waals surface area contributed by atoms with Crippen molar-refractivity contribution in [3.63, 3.8) is 0 Å². The van der Waals surface area contributed by atoms with E-state index in [2.05, 4.69) is 0 Å². The summed E-state index contributed by atoms with van der Waals surface area (Å²) >= 11 is 0. The Morgan fingerprint density at radius 1 is 0.411 bits per heavy atom. The predicted molar refractivity (Wildman–Crippen MR) is 255 cm³/mol. The van der Waals surface area contributed by atoms with Crippen LogP contribution >= 0.6 is 0 Å². The fourth-order valence-corrected chi connectivity index (χ4v) is 8.03. The molecule has 17 heteroatoms. The Kier molecular flexibility index (Phi) is 17.5. The van der Waals surface area contributed by atoms with Gasteiger partial charge in [0.05, 0.1) is 41.0 Å². The number of rotatable bonds is 18. The van der Waals surface area contributed by atoms with Gasteiger partial charge < -0.3 is 52.5 Å². The summed E-state index contributed by atoms with van der Waals surface area (Å²) in [5.74, 6) is -5.51. The van der Waals surface area contributed by atoms with Crippen LogP contribution in [-0.2, 0) is 58.8 Å². The molecule has 2 fully saturated rings. The fraction of sp³-hybridized carbons (Fsp3) is 0.250. The van der Waals surface area contributed by atoms with Crippen LogP contribution in [0.1, 0.15) is 64.3 Å². The summed E-state index contributed by atoms with van der Waals surface area (Å²) in [6, 6.07) is 48.1. The van der Waals surface area contributed by atoms with Gasteiger partial charge in [0.25, 0.3) is 0 Å². The number of carbonyl (C=O) groups excluding carboxylic acids is 6. The zero-order chi connectivity index (χ0) is 51.1. The summed E-state index contributed by atoms with van der Waals surface area (Å²) in [7, 11) is 0. The first-order valence-corrected chi connectivity index (χ1v) is 23.2. The molecule has 8 rings (SSSR count). The first kappa shape index (κ1) is 51.3. The Hall–Kier alpha value is -8.06. The fourth-order valence-electron chi connectivity index (χ4n) is 8.03. The first-order valence-electron chi connectivity index (χ1n) is 23.2. The molecule has 2 aliphatic rings. The average Bonchev–Trinajstić information content (AvgIpc) is 3.42. The highest BCUT2D eigenvalue weighted by Crippen LogP contribution is 2.36. The molecule has 376 valence electrons. The minimum absolute atomic E-state index is 0.0259. The standard InChI is InChI=1S/C56H50O17/c1-35(57)65-34-43-44(68-50(58)37-22-10-3-11-23-37)47(70-52(60)39-26-14-5-15-27-39)49(72-54(62)41-30-18-7-19-31-41)56(67-43)73-45-42(33-64-32-36-20-8-2-9-21-36)66-55(63)48(71-53(61)40-28-16-6-17-29-40)46(45)69-51(59)38-24-12-4-13-25-38/h2-31,42-49,55-56,63H,32-34H2,1H3/t42-,43-,44+,45+,46+,47+,48-,49-,55-,56+/m1/s1. The van der Waals surface area contributed by atoms with Crippen molar-refractivity contribution in [3.05, 3.63) is 215 Å². The molecule has 0 amide bonds. The highest BCUT2D eigenvalue weighted by atomic mass is 16.8. The zero-order valence-electron chi connectivity index (χ0n) is 39.2. The Bertz CT molecular complexity index is 2770. The Morgan fingerprint density at radius 3 is 1.16 bits per heavy atom. The number of hydrogen-bond donors (Lipinski definition) is 1. The second-order valence-corrected chi connectivity index (χ2v) is 16.7. The number of ether oxygens (including phenoxy) is 10. The van der Waals surface area contributed by atoms with Gasteiger partial charge in [-0.05, 0) is 66.2 Å². The molecule has 6 aromatic carbocycles. The molecule has 6 aromatic rings. The minimum Gasteiger partial charge on any atom is -0.463 e. The lowest BCUT2D eigenvalue weighted by Crippen LogP contribution is -2.67. The van der Waals surface area contributed by atoms with Crippen LogP contribution in [0.15, 0.2) is 182 Å². The van der Waals surface area contributed by atoms with Crippen LogP contribution in [0, 0.1) is 0 Å². The minimum atomic E-state index is -1.98. The van der Waals surface area contributed by atoms with Crippen molar-refractivity contribution in [2.24, 2.45) is 0 Å². The largest absolute Gasteiger partial charge is 0.463 e. The van der Waals surface area contributed by atoms with E-state index < -0.39 is 104 Å². The molecule has 0 aliphatic carbocycles. The molecular formula is C56H50O17. The van der Waals surface area contributed by atoms with Gasteiger partial charge >= 0.3 is 35.8 Å². The summed E-state index contributed by atoms with van der Waals surface area (Å²) in [5.41, 5.74) is 1.05. The van der Waals surface area contributed by atoms with Crippen LogP contribution in [0.25, 0.3) is 0 Å². The maximum atomic E-state index is 14.3. The van der Waals surface area contributed by atoms with Gasteiger partial charge in [0, 0.05) is 6.92 Å². The van der Waals surface area contributed by atoms with Crippen LogP contribution < -0.4 is 0 Å². The van der Waals surface area contributed by atoms with E-state index in [9.17, 15) is 33.9 Å². The van der Waals surface area contributed by atoms with Gasteiger partial charge in [0.1, 0.15) is 24.9 Å². The van der Waals surface area contributed by atoms with Crippen molar-refractivity contribution in [1.82, 2.24) is 0 Å². The van der Waals surface area contributed by atoms with Gasteiger partial charge in [-0.25, -0.2) is 24.0 Å². The van der Waals surface area contributed by atoms with Crippen molar-refractivity contribution in [1.29, 1.82) is 0 Å². The number of benzene rings is 6. The number of aliphatic hydroxyl groups is 1. The zero-order valence-corrected chi connectivity index (χ0v) is 39.2. The molecule has 73 heavy (non-hydrogen) atoms. The van der Waals surface area contributed by atoms with Crippen molar-refractivity contribution >= 4 is 35.8 Å². The third kappa shape index (κ3) is 13.5. The van der Waals surface area contributed by atoms with Crippen molar-refractivity contribution in [3.8, 4) is 0 Å². The summed E-state index contributed by atoms with van der Waals surface area (Å²) < 4.78 is 61.8. The lowest BCUT2D eigenvalue weighted by molar-refractivity contribution is -0.353. The second-order valence-electron chi connectivity index (χ2n) is 16.7. The van der Waals surface area contributed by atoms with E-state index in [1.165, 1.54) is 60.7 Å². The van der Waals surface area contributed by atoms with E-state index in [0.717, 1.165) is 12.5 Å². The molecule has 10 atom stereocenters. The summed E-state index contributed by atoms with van der Waals surface area (Å²) in [4.78, 5) is 83.0. The van der Waals surface area contributed by atoms with E-state index in [1.54, 1.807) is 91.0 Å². The predicted octanol–water partition coefficient (Wildman–Crippen LogP) is 6.72. The first-order chi connectivity index (χ1) is 35.5. The number of hydrogen-bond acceptors (Lipinski definition) is 17. The molecule has 2 saturated heterocycles. The van der Waals surface area contributed by atoms with E-state index in [1.807, 2.05) is 30.3 Å². The SMILES string of the molecule is CC(=O)OC[C@H]1O[C@@H](O[C@@H]2[C@H](OC(=O)c3ccccc3)[C@@H](OC(=O)c3ccccc3)[C@H](O)O[C@@H]2COCc2ccccc2)[C@H](OC(=O)c2ccccc2)[C@@H](OC(=O)c2ccccc2)[C@H]1OC(=O)c1ccccc1. The highest BCUT2D eigenvalue weighted by molar-refractivity contribution is 5.92. The molecule has 1 N–H and O–H groups in total. The molecule has 0 spiro atoms. The van der Waals surface area contributed by atoms with E-state index in [4.69, 9.17) is 47.4 Å². The summed E-state index contributed by atoms with van der Waals surface area (Å²) in [6.07, 6.45) is -17.6.